The number of carbonyl (C=O) groups is 2. The zero-order valence-electron chi connectivity index (χ0n) is 13.4. The van der Waals surface area contributed by atoms with Gasteiger partial charge in [0, 0.05) is 10.6 Å². The molecule has 0 saturated heterocycles. The first-order chi connectivity index (χ1) is 11.6. The minimum Gasteiger partial charge on any atom is -0.479 e. The van der Waals surface area contributed by atoms with E-state index in [-0.39, 0.29) is 15.5 Å². The van der Waals surface area contributed by atoms with E-state index in [4.69, 9.17) is 15.8 Å². The van der Waals surface area contributed by atoms with Crippen LogP contribution in [0.15, 0.2) is 53.4 Å². The molecule has 0 aliphatic carbocycles. The summed E-state index contributed by atoms with van der Waals surface area (Å²) in [6, 6.07) is 11.1. The highest BCUT2D eigenvalue weighted by Gasteiger charge is 2.47. The number of aryl methyl sites for hydroxylation is 1. The quantitative estimate of drug-likeness (QED) is 0.468. The van der Waals surface area contributed by atoms with E-state index in [9.17, 15) is 23.1 Å². The van der Waals surface area contributed by atoms with Crippen molar-refractivity contribution in [3.8, 4) is 0 Å². The van der Waals surface area contributed by atoms with Crippen LogP contribution in [0, 0.1) is 6.92 Å². The number of ketones is 1. The third-order valence-electron chi connectivity index (χ3n) is 3.51. The van der Waals surface area contributed by atoms with Gasteiger partial charge in [0.05, 0.1) is 4.90 Å². The van der Waals surface area contributed by atoms with Crippen molar-refractivity contribution < 1.29 is 27.3 Å². The van der Waals surface area contributed by atoms with Gasteiger partial charge in [0.2, 0.25) is 11.4 Å². The second-order valence-corrected chi connectivity index (χ2v) is 7.51. The fourth-order valence-corrected chi connectivity index (χ4v) is 3.39. The highest BCUT2D eigenvalue weighted by atomic mass is 35.5. The molecule has 0 saturated carbocycles. The molecule has 0 aliphatic rings. The van der Waals surface area contributed by atoms with Crippen molar-refractivity contribution >= 4 is 33.5 Å². The van der Waals surface area contributed by atoms with Gasteiger partial charge in [-0.15, -0.1) is 0 Å². The van der Waals surface area contributed by atoms with Gasteiger partial charge in [-0.05, 0) is 38.1 Å². The molecule has 0 bridgehead atoms. The summed E-state index contributed by atoms with van der Waals surface area (Å²) in [6.07, 6.45) is 0. The number of hydrogen-bond acceptors (Lipinski definition) is 5. The van der Waals surface area contributed by atoms with Gasteiger partial charge in [-0.25, -0.2) is 8.98 Å². The molecular weight excluding hydrogens is 368 g/mol. The molecule has 0 aliphatic heterocycles. The Bertz CT molecular complexity index is 920. The van der Waals surface area contributed by atoms with Gasteiger partial charge in [-0.2, -0.15) is 8.42 Å². The van der Waals surface area contributed by atoms with Crippen LogP contribution in [0.3, 0.4) is 0 Å². The summed E-state index contributed by atoms with van der Waals surface area (Å²) in [4.78, 5) is 24.0. The number of aliphatic carboxylic acids is 1. The van der Waals surface area contributed by atoms with E-state index in [1.54, 1.807) is 6.92 Å². The molecule has 0 fully saturated rings. The number of carbonyl (C=O) groups excluding carboxylic acids is 1. The second kappa shape index (κ2) is 6.95. The van der Waals surface area contributed by atoms with Gasteiger partial charge in [-0.3, -0.25) is 4.79 Å². The fraction of sp³-hybridized carbons (Fsp3) is 0.176. The van der Waals surface area contributed by atoms with Gasteiger partial charge < -0.3 is 5.11 Å². The molecule has 6 nitrogen and oxygen atoms in total. The number of hydrogen-bond donors (Lipinski definition) is 1. The van der Waals surface area contributed by atoms with Gasteiger partial charge in [-0.1, -0.05) is 41.4 Å². The highest BCUT2D eigenvalue weighted by molar-refractivity contribution is 7.86. The normalized spacial score (nSPS) is 13.9. The fourth-order valence-electron chi connectivity index (χ4n) is 2.05. The molecule has 2 aromatic carbocycles. The lowest BCUT2D eigenvalue weighted by atomic mass is 9.95. The molecule has 1 N–H and O–H groups in total. The second-order valence-electron chi connectivity index (χ2n) is 5.53. The maximum atomic E-state index is 12.6. The zero-order valence-corrected chi connectivity index (χ0v) is 15.0. The average molecular weight is 383 g/mol. The van der Waals surface area contributed by atoms with Crippen molar-refractivity contribution in [3.63, 3.8) is 0 Å². The summed E-state index contributed by atoms with van der Waals surface area (Å²) in [6.45, 7) is 2.66. The summed E-state index contributed by atoms with van der Waals surface area (Å²) in [5.41, 5.74) is -1.89. The third-order valence-corrected chi connectivity index (χ3v) is 5.15. The van der Waals surface area contributed by atoms with Crippen molar-refractivity contribution in [2.24, 2.45) is 0 Å². The van der Waals surface area contributed by atoms with Crippen molar-refractivity contribution in [2.45, 2.75) is 24.3 Å². The first-order valence-corrected chi connectivity index (χ1v) is 8.91. The summed E-state index contributed by atoms with van der Waals surface area (Å²) in [5, 5.41) is 9.65. The standard InChI is InChI=1S/C17H15ClO6S/c1-11-6-8-14(9-7-11)25(22,23)24-17(2,16(20)21)15(19)12-4-3-5-13(18)10-12/h3-10H,1-2H3,(H,20,21). The molecule has 2 rings (SSSR count). The van der Waals surface area contributed by atoms with Crippen LogP contribution in [0.5, 0.6) is 0 Å². The average Bonchev–Trinajstić information content (AvgIpc) is 2.53. The van der Waals surface area contributed by atoms with E-state index in [0.717, 1.165) is 12.5 Å². The van der Waals surface area contributed by atoms with E-state index in [1.807, 2.05) is 0 Å². The number of halogens is 1. The van der Waals surface area contributed by atoms with E-state index in [0.29, 0.717) is 0 Å². The van der Waals surface area contributed by atoms with Crippen LogP contribution in [0.1, 0.15) is 22.8 Å². The predicted octanol–water partition coefficient (Wildman–Crippen LogP) is 3.08. The topological polar surface area (TPSA) is 97.7 Å². The number of carboxylic acid groups (broad SMARTS) is 1. The van der Waals surface area contributed by atoms with E-state index in [1.165, 1.54) is 48.5 Å². The van der Waals surface area contributed by atoms with E-state index >= 15 is 0 Å². The lowest BCUT2D eigenvalue weighted by molar-refractivity contribution is -0.149. The van der Waals surface area contributed by atoms with Crippen molar-refractivity contribution in [2.75, 3.05) is 0 Å². The van der Waals surface area contributed by atoms with Gasteiger partial charge in [0.15, 0.2) is 0 Å². The number of benzene rings is 2. The minimum absolute atomic E-state index is 0.0727. The molecule has 8 heteroatoms. The van der Waals surface area contributed by atoms with E-state index < -0.39 is 27.5 Å². The molecule has 0 heterocycles. The molecule has 0 spiro atoms. The molecular formula is C17H15ClO6S. The molecule has 1 unspecified atom stereocenters. The Balaban J connectivity index is 2.44. The highest BCUT2D eigenvalue weighted by Crippen LogP contribution is 2.26. The zero-order chi connectivity index (χ0) is 18.8. The first kappa shape index (κ1) is 19.1. The maximum absolute atomic E-state index is 12.6. The number of rotatable bonds is 6. The lowest BCUT2D eigenvalue weighted by Gasteiger charge is -2.23. The lowest BCUT2D eigenvalue weighted by Crippen LogP contribution is -2.47. The van der Waals surface area contributed by atoms with Crippen LogP contribution in [-0.4, -0.2) is 30.9 Å². The molecule has 132 valence electrons. The van der Waals surface area contributed by atoms with Crippen LogP contribution in [0.4, 0.5) is 0 Å². The summed E-state index contributed by atoms with van der Waals surface area (Å²) in [7, 11) is -4.48. The third kappa shape index (κ3) is 4.07. The Labute approximate surface area is 150 Å². The van der Waals surface area contributed by atoms with Crippen molar-refractivity contribution in [1.29, 1.82) is 0 Å². The maximum Gasteiger partial charge on any atom is 0.345 e. The first-order valence-electron chi connectivity index (χ1n) is 7.12. The van der Waals surface area contributed by atoms with Crippen LogP contribution in [0.2, 0.25) is 5.02 Å². The minimum atomic E-state index is -4.48. The Morgan fingerprint density at radius 1 is 1.12 bits per heavy atom. The van der Waals surface area contributed by atoms with Crippen LogP contribution < -0.4 is 0 Å². The van der Waals surface area contributed by atoms with E-state index in [2.05, 4.69) is 0 Å². The van der Waals surface area contributed by atoms with Crippen LogP contribution >= 0.6 is 11.6 Å². The summed E-state index contributed by atoms with van der Waals surface area (Å²) in [5.74, 6) is -2.76. The Kier molecular flexibility index (Phi) is 5.31. The largest absolute Gasteiger partial charge is 0.479 e. The molecule has 0 aromatic heterocycles. The molecule has 0 amide bonds. The van der Waals surface area contributed by atoms with Gasteiger partial charge >= 0.3 is 5.97 Å². The molecule has 1 atom stereocenters. The number of Topliss-reactive ketones (excluding diaryl/α,β-unsaturated/α-hetero) is 1. The predicted molar refractivity (Wildman–Crippen MR) is 91.3 cm³/mol. The molecule has 0 radical (unpaired) electrons. The summed E-state index contributed by atoms with van der Waals surface area (Å²) >= 11 is 5.80. The molecule has 25 heavy (non-hydrogen) atoms. The number of carboxylic acids is 1. The Morgan fingerprint density at radius 3 is 2.24 bits per heavy atom. The van der Waals surface area contributed by atoms with Crippen LogP contribution in [0.25, 0.3) is 0 Å². The smallest absolute Gasteiger partial charge is 0.345 e. The monoisotopic (exact) mass is 382 g/mol. The van der Waals surface area contributed by atoms with Crippen molar-refractivity contribution in [1.82, 2.24) is 0 Å². The van der Waals surface area contributed by atoms with Gasteiger partial charge in [0.25, 0.3) is 10.1 Å². The Hall–Kier alpha value is -2.22. The SMILES string of the molecule is Cc1ccc(S(=O)(=O)OC(C)(C(=O)O)C(=O)c2cccc(Cl)c2)cc1. The van der Waals surface area contributed by atoms with Gasteiger partial charge in [0.1, 0.15) is 0 Å². The van der Waals surface area contributed by atoms with Crippen LogP contribution in [-0.2, 0) is 19.1 Å². The van der Waals surface area contributed by atoms with Crippen molar-refractivity contribution in [3.05, 3.63) is 64.7 Å². The summed E-state index contributed by atoms with van der Waals surface area (Å²) < 4.78 is 29.7. The Morgan fingerprint density at radius 2 is 1.72 bits per heavy atom. The molecule has 2 aromatic rings.